The largest absolute Gasteiger partial charge is 0.339 e. The lowest BCUT2D eigenvalue weighted by Crippen LogP contribution is -2.40. The molecule has 0 aromatic heterocycles. The van der Waals surface area contributed by atoms with Gasteiger partial charge in [-0.05, 0) is 55.7 Å². The van der Waals surface area contributed by atoms with Crippen LogP contribution in [0.3, 0.4) is 0 Å². The van der Waals surface area contributed by atoms with E-state index < -0.39 is 5.91 Å². The second-order valence-corrected chi connectivity index (χ2v) is 9.29. The van der Waals surface area contributed by atoms with E-state index in [1.165, 1.54) is 6.07 Å². The minimum absolute atomic E-state index is 0.0983. The number of rotatable bonds is 4. The lowest BCUT2D eigenvalue weighted by molar-refractivity contribution is -0.143. The summed E-state index contributed by atoms with van der Waals surface area (Å²) in [6, 6.07) is 4.75. The Morgan fingerprint density at radius 2 is 1.65 bits per heavy atom. The quantitative estimate of drug-likeness (QED) is 0.575. The maximum Gasteiger partial charge on any atom is 0.255 e. The fourth-order valence-electron chi connectivity index (χ4n) is 5.53. The average molecular weight is 442 g/mol. The molecule has 2 bridgehead atoms. The zero-order valence-corrected chi connectivity index (χ0v) is 17.8. The molecule has 4 aliphatic rings. The summed E-state index contributed by atoms with van der Waals surface area (Å²) in [7, 11) is 0. The molecule has 162 valence electrons. The van der Waals surface area contributed by atoms with E-state index in [1.807, 2.05) is 12.2 Å². The van der Waals surface area contributed by atoms with Crippen molar-refractivity contribution in [1.29, 1.82) is 0 Å². The first kappa shape index (κ1) is 20.2. The van der Waals surface area contributed by atoms with Crippen molar-refractivity contribution in [1.82, 2.24) is 9.80 Å². The van der Waals surface area contributed by atoms with Gasteiger partial charge in [-0.1, -0.05) is 23.8 Å². The van der Waals surface area contributed by atoms with Gasteiger partial charge < -0.3 is 10.2 Å². The summed E-state index contributed by atoms with van der Waals surface area (Å²) in [6.45, 7) is 1.02. The highest BCUT2D eigenvalue weighted by atomic mass is 35.5. The number of halogens is 1. The third-order valence-electron chi connectivity index (χ3n) is 6.99. The van der Waals surface area contributed by atoms with Gasteiger partial charge >= 0.3 is 0 Å². The molecule has 1 aromatic carbocycles. The maximum atomic E-state index is 13.0. The SMILES string of the molecule is O=C(CN1C(=O)C2C3C=CC(C3)C2C1=O)Nc1cc(Cl)ccc1C(=O)N1CCCCC1. The van der Waals surface area contributed by atoms with Gasteiger partial charge in [-0.25, -0.2) is 0 Å². The number of carbonyl (C=O) groups is 4. The second-order valence-electron chi connectivity index (χ2n) is 8.85. The molecule has 1 N–H and O–H groups in total. The molecule has 4 atom stereocenters. The van der Waals surface area contributed by atoms with E-state index in [0.717, 1.165) is 30.6 Å². The smallest absolute Gasteiger partial charge is 0.255 e. The van der Waals surface area contributed by atoms with E-state index in [0.29, 0.717) is 29.4 Å². The number of likely N-dealkylation sites (tertiary alicyclic amines) is 2. The highest BCUT2D eigenvalue weighted by Gasteiger charge is 2.59. The Morgan fingerprint density at radius 1 is 1.00 bits per heavy atom. The van der Waals surface area contributed by atoms with E-state index in [-0.39, 0.29) is 47.9 Å². The van der Waals surface area contributed by atoms with Gasteiger partial charge in [0, 0.05) is 18.1 Å². The van der Waals surface area contributed by atoms with Crippen molar-refractivity contribution < 1.29 is 19.2 Å². The van der Waals surface area contributed by atoms with Gasteiger partial charge in [-0.3, -0.25) is 24.1 Å². The van der Waals surface area contributed by atoms with E-state index in [4.69, 9.17) is 11.6 Å². The molecule has 4 unspecified atom stereocenters. The van der Waals surface area contributed by atoms with Gasteiger partial charge in [0.15, 0.2) is 0 Å². The van der Waals surface area contributed by atoms with Crippen LogP contribution in [0.1, 0.15) is 36.0 Å². The highest BCUT2D eigenvalue weighted by molar-refractivity contribution is 6.31. The molecular formula is C23H24ClN3O4. The third kappa shape index (κ3) is 3.45. The third-order valence-corrected chi connectivity index (χ3v) is 7.23. The second kappa shape index (κ2) is 7.79. The van der Waals surface area contributed by atoms with E-state index in [1.54, 1.807) is 17.0 Å². The normalized spacial score (nSPS) is 28.9. The fraction of sp³-hybridized carbons (Fsp3) is 0.478. The van der Waals surface area contributed by atoms with Crippen LogP contribution in [-0.4, -0.2) is 53.1 Å². The predicted octanol–water partition coefficient (Wildman–Crippen LogP) is 2.71. The van der Waals surface area contributed by atoms with E-state index >= 15 is 0 Å². The van der Waals surface area contributed by atoms with Gasteiger partial charge in [0.1, 0.15) is 6.54 Å². The zero-order chi connectivity index (χ0) is 21.7. The monoisotopic (exact) mass is 441 g/mol. The number of fused-ring (bicyclic) bond motifs is 5. The summed E-state index contributed by atoms with van der Waals surface area (Å²) in [5, 5.41) is 3.10. The van der Waals surface area contributed by atoms with Crippen LogP contribution >= 0.6 is 11.6 Å². The minimum atomic E-state index is -0.517. The Kier molecular flexibility index (Phi) is 5.08. The molecule has 0 spiro atoms. The molecule has 2 heterocycles. The molecule has 4 amide bonds. The summed E-state index contributed by atoms with van der Waals surface area (Å²) in [5.74, 6) is -1.68. The number of allylic oxidation sites excluding steroid dienone is 2. The number of amides is 4. The van der Waals surface area contributed by atoms with Crippen molar-refractivity contribution >= 4 is 40.9 Å². The molecule has 1 aromatic rings. The summed E-state index contributed by atoms with van der Waals surface area (Å²) >= 11 is 6.11. The molecule has 0 radical (unpaired) electrons. The topological polar surface area (TPSA) is 86.8 Å². The Balaban J connectivity index is 1.31. The van der Waals surface area contributed by atoms with Gasteiger partial charge in [-0.15, -0.1) is 0 Å². The first-order valence-corrected chi connectivity index (χ1v) is 11.2. The van der Waals surface area contributed by atoms with Crippen molar-refractivity contribution in [2.45, 2.75) is 25.7 Å². The molecule has 3 fully saturated rings. The number of hydrogen-bond acceptors (Lipinski definition) is 4. The first-order chi connectivity index (χ1) is 14.9. The van der Waals surface area contributed by atoms with Gasteiger partial charge in [0.2, 0.25) is 17.7 Å². The van der Waals surface area contributed by atoms with Crippen LogP contribution in [0, 0.1) is 23.7 Å². The van der Waals surface area contributed by atoms with Crippen molar-refractivity contribution in [3.05, 3.63) is 40.9 Å². The van der Waals surface area contributed by atoms with Crippen LogP contribution in [0.2, 0.25) is 5.02 Å². The molecule has 2 aliphatic heterocycles. The number of anilines is 1. The molecule has 8 heteroatoms. The maximum absolute atomic E-state index is 13.0. The van der Waals surface area contributed by atoms with E-state index in [2.05, 4.69) is 5.32 Å². The van der Waals surface area contributed by atoms with Crippen LogP contribution < -0.4 is 5.32 Å². The van der Waals surface area contributed by atoms with Gasteiger partial charge in [0.05, 0.1) is 23.1 Å². The lowest BCUT2D eigenvalue weighted by atomic mass is 9.85. The number of imide groups is 1. The molecule has 2 saturated heterocycles. The molecule has 2 aliphatic carbocycles. The van der Waals surface area contributed by atoms with E-state index in [9.17, 15) is 19.2 Å². The zero-order valence-electron chi connectivity index (χ0n) is 17.1. The number of nitrogens with one attached hydrogen (secondary N) is 1. The average Bonchev–Trinajstić information content (AvgIpc) is 3.44. The molecule has 7 nitrogen and oxygen atoms in total. The van der Waals surface area contributed by atoms with Crippen molar-refractivity contribution in [2.24, 2.45) is 23.7 Å². The van der Waals surface area contributed by atoms with Crippen LogP contribution in [-0.2, 0) is 14.4 Å². The summed E-state index contributed by atoms with van der Waals surface area (Å²) in [5.41, 5.74) is 0.659. The molecule has 5 rings (SSSR count). The summed E-state index contributed by atoms with van der Waals surface area (Å²) in [4.78, 5) is 54.3. The Bertz CT molecular complexity index is 971. The van der Waals surface area contributed by atoms with Crippen molar-refractivity contribution in [3.8, 4) is 0 Å². The van der Waals surface area contributed by atoms with Crippen LogP contribution in [0.15, 0.2) is 30.4 Å². The summed E-state index contributed by atoms with van der Waals surface area (Å²) < 4.78 is 0. The number of nitrogens with zero attached hydrogens (tertiary/aromatic N) is 2. The first-order valence-electron chi connectivity index (χ1n) is 10.9. The predicted molar refractivity (Wildman–Crippen MR) is 114 cm³/mol. The Labute approximate surface area is 185 Å². The van der Waals surface area contributed by atoms with Crippen molar-refractivity contribution in [2.75, 3.05) is 25.0 Å². The Morgan fingerprint density at radius 3 is 2.29 bits per heavy atom. The van der Waals surface area contributed by atoms with Crippen LogP contribution in [0.5, 0.6) is 0 Å². The van der Waals surface area contributed by atoms with Crippen LogP contribution in [0.4, 0.5) is 5.69 Å². The fourth-order valence-corrected chi connectivity index (χ4v) is 5.70. The standard InChI is InChI=1S/C23H24ClN3O4/c24-15-6-7-16(21(29)26-8-2-1-3-9-26)17(11-15)25-18(28)12-27-22(30)19-13-4-5-14(10-13)20(19)23(27)31/h4-7,11,13-14,19-20H,1-3,8-10,12H2,(H,25,28). The minimum Gasteiger partial charge on any atom is -0.339 e. The highest BCUT2D eigenvalue weighted by Crippen LogP contribution is 2.52. The number of hydrogen-bond donors (Lipinski definition) is 1. The van der Waals surface area contributed by atoms with Crippen molar-refractivity contribution in [3.63, 3.8) is 0 Å². The molecule has 31 heavy (non-hydrogen) atoms. The number of carbonyl (C=O) groups excluding carboxylic acids is 4. The number of piperidine rings is 1. The molecule has 1 saturated carbocycles. The molecular weight excluding hydrogens is 418 g/mol. The Hall–Kier alpha value is -2.67. The van der Waals surface area contributed by atoms with Gasteiger partial charge in [-0.2, -0.15) is 0 Å². The summed E-state index contributed by atoms with van der Waals surface area (Å²) in [6.07, 6.45) is 7.90. The van der Waals surface area contributed by atoms with Crippen LogP contribution in [0.25, 0.3) is 0 Å². The van der Waals surface area contributed by atoms with Gasteiger partial charge in [0.25, 0.3) is 5.91 Å². The number of benzene rings is 1. The lowest BCUT2D eigenvalue weighted by Gasteiger charge is -2.27.